The Labute approximate surface area is 211 Å². The Morgan fingerprint density at radius 3 is 2.75 bits per heavy atom. The smallest absolute Gasteiger partial charge is 0.261 e. The highest BCUT2D eigenvalue weighted by atomic mass is 32.2. The Bertz CT molecular complexity index is 1620. The van der Waals surface area contributed by atoms with E-state index in [-0.39, 0.29) is 23.3 Å². The summed E-state index contributed by atoms with van der Waals surface area (Å²) in [6.07, 6.45) is 2.03. The molecule has 1 amide bonds. The van der Waals surface area contributed by atoms with Crippen molar-refractivity contribution in [2.75, 3.05) is 5.75 Å². The van der Waals surface area contributed by atoms with Gasteiger partial charge in [-0.3, -0.25) is 14.0 Å². The minimum atomic E-state index is -0.263. The van der Waals surface area contributed by atoms with Crippen LogP contribution in [0, 0.1) is 13.8 Å². The fourth-order valence-electron chi connectivity index (χ4n) is 4.09. The molecule has 5 rings (SSSR count). The number of carbonyl (C=O) groups excluding carboxylic acids is 1. The van der Waals surface area contributed by atoms with Gasteiger partial charge >= 0.3 is 0 Å². The Kier molecular flexibility index (Phi) is 6.31. The van der Waals surface area contributed by atoms with Gasteiger partial charge in [0.15, 0.2) is 5.16 Å². The number of thioether (sulfide) groups is 1. The lowest BCUT2D eigenvalue weighted by Crippen LogP contribution is -2.29. The van der Waals surface area contributed by atoms with Crippen molar-refractivity contribution in [3.8, 4) is 0 Å². The number of nitrogens with one attached hydrogen (secondary N) is 2. The van der Waals surface area contributed by atoms with Gasteiger partial charge in [-0.1, -0.05) is 30.0 Å². The van der Waals surface area contributed by atoms with E-state index in [2.05, 4.69) is 30.5 Å². The molecule has 0 aliphatic carbocycles. The van der Waals surface area contributed by atoms with E-state index in [0.717, 1.165) is 16.6 Å². The van der Waals surface area contributed by atoms with Crippen LogP contribution in [-0.4, -0.2) is 45.8 Å². The van der Waals surface area contributed by atoms with Gasteiger partial charge in [0.05, 0.1) is 22.8 Å². The number of rotatable bonds is 7. The van der Waals surface area contributed by atoms with Crippen molar-refractivity contribution in [3.05, 3.63) is 81.4 Å². The van der Waals surface area contributed by atoms with Crippen LogP contribution >= 0.6 is 11.8 Å². The third-order valence-corrected chi connectivity index (χ3v) is 7.16. The normalized spacial score (nSPS) is 12.3. The van der Waals surface area contributed by atoms with Gasteiger partial charge in [0.2, 0.25) is 5.91 Å². The van der Waals surface area contributed by atoms with E-state index in [4.69, 9.17) is 0 Å². The Morgan fingerprint density at radius 2 is 1.94 bits per heavy atom. The maximum atomic E-state index is 13.1. The van der Waals surface area contributed by atoms with Crippen LogP contribution in [0.15, 0.2) is 52.5 Å². The van der Waals surface area contributed by atoms with E-state index in [9.17, 15) is 9.59 Å². The van der Waals surface area contributed by atoms with Gasteiger partial charge in [-0.05, 0) is 44.5 Å². The van der Waals surface area contributed by atoms with Gasteiger partial charge in [-0.2, -0.15) is 0 Å². The summed E-state index contributed by atoms with van der Waals surface area (Å²) in [4.78, 5) is 38.1. The van der Waals surface area contributed by atoms with E-state index in [1.54, 1.807) is 10.6 Å². The third kappa shape index (κ3) is 4.49. The second kappa shape index (κ2) is 9.57. The fraction of sp³-hybridized carbons (Fsp3) is 0.280. The first-order chi connectivity index (χ1) is 17.3. The quantitative estimate of drug-likeness (QED) is 0.328. The molecule has 0 spiro atoms. The predicted octanol–water partition coefficient (Wildman–Crippen LogP) is 2.88. The molecule has 0 radical (unpaired) electrons. The lowest BCUT2D eigenvalue weighted by Gasteiger charge is -2.11. The average molecular weight is 503 g/mol. The molecule has 4 aromatic heterocycles. The first-order valence-electron chi connectivity index (χ1n) is 11.5. The molecule has 2 N–H and O–H groups in total. The lowest BCUT2D eigenvalue weighted by molar-refractivity contribution is -0.119. The minimum absolute atomic E-state index is 0.114. The first-order valence-corrected chi connectivity index (χ1v) is 12.5. The van der Waals surface area contributed by atoms with Crippen molar-refractivity contribution in [3.63, 3.8) is 0 Å². The zero-order valence-electron chi connectivity index (χ0n) is 20.4. The molecule has 4 heterocycles. The highest BCUT2D eigenvalue weighted by Gasteiger charge is 2.18. The summed E-state index contributed by atoms with van der Waals surface area (Å²) < 4.78 is 3.38. The number of carbonyl (C=O) groups is 1. The molecule has 0 unspecified atom stereocenters. The number of aromatic amines is 1. The summed E-state index contributed by atoms with van der Waals surface area (Å²) in [5.74, 6) is 1.37. The lowest BCUT2D eigenvalue weighted by atomic mass is 10.1. The SMILES string of the molecule is Cc1nc2c(C)cccn2c(=O)c1Cc1nnc(SCC(=O)N[C@@H](C)c2nc3ccccc3[nH]2)n1C. The van der Waals surface area contributed by atoms with Gasteiger partial charge in [-0.15, -0.1) is 10.2 Å². The van der Waals surface area contributed by atoms with Crippen LogP contribution in [0.3, 0.4) is 0 Å². The largest absolute Gasteiger partial charge is 0.346 e. The van der Waals surface area contributed by atoms with E-state index < -0.39 is 0 Å². The fourth-order valence-corrected chi connectivity index (χ4v) is 4.83. The van der Waals surface area contributed by atoms with Gasteiger partial charge < -0.3 is 14.9 Å². The number of benzene rings is 1. The summed E-state index contributed by atoms with van der Waals surface area (Å²) in [7, 11) is 1.83. The Hall–Kier alpha value is -3.99. The van der Waals surface area contributed by atoms with Crippen LogP contribution in [0.1, 0.15) is 41.4 Å². The number of pyridine rings is 1. The van der Waals surface area contributed by atoms with Crippen molar-refractivity contribution >= 4 is 34.3 Å². The maximum absolute atomic E-state index is 13.1. The number of imidazole rings is 1. The van der Waals surface area contributed by atoms with Crippen molar-refractivity contribution in [1.29, 1.82) is 0 Å². The molecule has 10 nitrogen and oxygen atoms in total. The van der Waals surface area contributed by atoms with Gasteiger partial charge in [-0.25, -0.2) is 9.97 Å². The number of nitrogens with zero attached hydrogens (tertiary/aromatic N) is 6. The van der Waals surface area contributed by atoms with Crippen molar-refractivity contribution in [2.24, 2.45) is 7.05 Å². The molecule has 0 aliphatic rings. The van der Waals surface area contributed by atoms with Crippen molar-refractivity contribution in [2.45, 2.75) is 38.4 Å². The Morgan fingerprint density at radius 1 is 1.14 bits per heavy atom. The maximum Gasteiger partial charge on any atom is 0.261 e. The molecule has 36 heavy (non-hydrogen) atoms. The molecule has 5 aromatic rings. The van der Waals surface area contributed by atoms with E-state index >= 15 is 0 Å². The molecule has 0 saturated heterocycles. The summed E-state index contributed by atoms with van der Waals surface area (Å²) in [5.41, 5.74) is 4.52. The zero-order chi connectivity index (χ0) is 25.4. The molecule has 1 aromatic carbocycles. The number of para-hydroxylation sites is 2. The summed E-state index contributed by atoms with van der Waals surface area (Å²) in [6.45, 7) is 5.66. The monoisotopic (exact) mass is 502 g/mol. The second-order valence-corrected chi connectivity index (χ2v) is 9.66. The van der Waals surface area contributed by atoms with E-state index in [1.807, 2.05) is 68.8 Å². The molecule has 184 valence electrons. The molecular formula is C25H26N8O2S. The van der Waals surface area contributed by atoms with Gasteiger partial charge in [0.25, 0.3) is 5.56 Å². The number of aromatic nitrogens is 7. The summed E-state index contributed by atoms with van der Waals surface area (Å²) >= 11 is 1.29. The average Bonchev–Trinajstić information content (AvgIpc) is 3.45. The highest BCUT2D eigenvalue weighted by Crippen LogP contribution is 2.19. The summed E-state index contributed by atoms with van der Waals surface area (Å²) in [5, 5.41) is 12.1. The van der Waals surface area contributed by atoms with Gasteiger partial charge in [0, 0.05) is 30.9 Å². The van der Waals surface area contributed by atoms with Crippen LogP contribution in [0.5, 0.6) is 0 Å². The Balaban J connectivity index is 1.26. The minimum Gasteiger partial charge on any atom is -0.346 e. The molecule has 1 atom stereocenters. The molecule has 0 aliphatic heterocycles. The number of hydrogen-bond acceptors (Lipinski definition) is 7. The second-order valence-electron chi connectivity index (χ2n) is 8.72. The molecule has 0 bridgehead atoms. The van der Waals surface area contributed by atoms with Gasteiger partial charge in [0.1, 0.15) is 17.3 Å². The molecule has 0 fully saturated rings. The van der Waals surface area contributed by atoms with Crippen LogP contribution in [0.2, 0.25) is 0 Å². The van der Waals surface area contributed by atoms with Crippen LogP contribution in [0.25, 0.3) is 16.7 Å². The molecule has 11 heteroatoms. The van der Waals surface area contributed by atoms with E-state index in [0.29, 0.717) is 40.1 Å². The molecular weight excluding hydrogens is 476 g/mol. The summed E-state index contributed by atoms with van der Waals surface area (Å²) in [6, 6.07) is 11.2. The van der Waals surface area contributed by atoms with Crippen molar-refractivity contribution in [1.82, 2.24) is 39.4 Å². The topological polar surface area (TPSA) is 123 Å². The van der Waals surface area contributed by atoms with Crippen LogP contribution < -0.4 is 10.9 Å². The van der Waals surface area contributed by atoms with Crippen LogP contribution in [0.4, 0.5) is 0 Å². The third-order valence-electron chi connectivity index (χ3n) is 6.14. The number of hydrogen-bond donors (Lipinski definition) is 2. The number of aryl methyl sites for hydroxylation is 2. The highest BCUT2D eigenvalue weighted by molar-refractivity contribution is 7.99. The molecule has 0 saturated carbocycles. The first kappa shape index (κ1) is 23.7. The number of amides is 1. The van der Waals surface area contributed by atoms with E-state index in [1.165, 1.54) is 11.8 Å². The van der Waals surface area contributed by atoms with Crippen LogP contribution in [-0.2, 0) is 18.3 Å². The van der Waals surface area contributed by atoms with Crippen molar-refractivity contribution < 1.29 is 4.79 Å². The number of fused-ring (bicyclic) bond motifs is 2. The predicted molar refractivity (Wildman–Crippen MR) is 138 cm³/mol. The standard InChI is InChI=1S/C25H26N8O2S/c1-14-8-7-11-33-23(14)27-15(2)17(24(33)35)12-20-30-31-25(32(20)4)36-13-21(34)26-16(3)22-28-18-9-5-6-10-19(18)29-22/h5-11,16H,12-13H2,1-4H3,(H,26,34)(H,28,29)/t16-/m0/s1. The number of H-pyrrole nitrogens is 1. The zero-order valence-corrected chi connectivity index (χ0v) is 21.3.